The lowest BCUT2D eigenvalue weighted by Gasteiger charge is -1.99. The Morgan fingerprint density at radius 1 is 1.33 bits per heavy atom. The van der Waals surface area contributed by atoms with Crippen molar-refractivity contribution in [3.63, 3.8) is 0 Å². The first kappa shape index (κ1) is 9.79. The SMILES string of the molecule is O=[N+]([O-])c1ccc2nc(Cl)ccc2c1F. The number of rotatable bonds is 1. The van der Waals surface area contributed by atoms with Gasteiger partial charge in [0.05, 0.1) is 10.4 Å². The van der Waals surface area contributed by atoms with E-state index < -0.39 is 16.4 Å². The van der Waals surface area contributed by atoms with E-state index in [0.29, 0.717) is 5.52 Å². The summed E-state index contributed by atoms with van der Waals surface area (Å²) in [6.45, 7) is 0. The normalized spacial score (nSPS) is 10.5. The van der Waals surface area contributed by atoms with Crippen LogP contribution in [0.3, 0.4) is 0 Å². The molecule has 0 fully saturated rings. The first-order valence-electron chi connectivity index (χ1n) is 3.99. The highest BCUT2D eigenvalue weighted by molar-refractivity contribution is 6.29. The fourth-order valence-electron chi connectivity index (χ4n) is 1.27. The van der Waals surface area contributed by atoms with Gasteiger partial charge in [0.2, 0.25) is 5.82 Å². The lowest BCUT2D eigenvalue weighted by Crippen LogP contribution is -1.94. The number of halogens is 2. The summed E-state index contributed by atoms with van der Waals surface area (Å²) in [6.07, 6.45) is 0. The van der Waals surface area contributed by atoms with E-state index in [0.717, 1.165) is 6.07 Å². The summed E-state index contributed by atoms with van der Waals surface area (Å²) in [5, 5.41) is 10.8. The molecule has 1 aromatic heterocycles. The molecule has 0 saturated heterocycles. The lowest BCUT2D eigenvalue weighted by molar-refractivity contribution is -0.387. The van der Waals surface area contributed by atoms with Crippen molar-refractivity contribution in [2.75, 3.05) is 0 Å². The zero-order chi connectivity index (χ0) is 11.0. The zero-order valence-electron chi connectivity index (χ0n) is 7.28. The summed E-state index contributed by atoms with van der Waals surface area (Å²) in [7, 11) is 0. The molecule has 0 atom stereocenters. The van der Waals surface area contributed by atoms with Crippen LogP contribution in [-0.2, 0) is 0 Å². The lowest BCUT2D eigenvalue weighted by atomic mass is 10.2. The molecule has 0 aliphatic heterocycles. The summed E-state index contributed by atoms with van der Waals surface area (Å²) < 4.78 is 13.5. The predicted octanol–water partition coefficient (Wildman–Crippen LogP) is 2.94. The van der Waals surface area contributed by atoms with Crippen LogP contribution in [0.15, 0.2) is 24.3 Å². The first-order chi connectivity index (χ1) is 7.09. The largest absolute Gasteiger partial charge is 0.305 e. The molecule has 6 heteroatoms. The smallest absolute Gasteiger partial charge is 0.258 e. The maximum Gasteiger partial charge on any atom is 0.305 e. The second kappa shape index (κ2) is 3.43. The Morgan fingerprint density at radius 3 is 2.73 bits per heavy atom. The molecule has 76 valence electrons. The van der Waals surface area contributed by atoms with E-state index in [2.05, 4.69) is 4.98 Å². The Kier molecular flexibility index (Phi) is 2.24. The van der Waals surface area contributed by atoms with Crippen molar-refractivity contribution >= 4 is 28.2 Å². The number of nitrogens with zero attached hydrogens (tertiary/aromatic N) is 2. The number of nitro benzene ring substituents is 1. The highest BCUT2D eigenvalue weighted by atomic mass is 35.5. The van der Waals surface area contributed by atoms with Gasteiger partial charge in [-0.1, -0.05) is 11.6 Å². The third kappa shape index (κ3) is 1.61. The molecule has 1 heterocycles. The maximum atomic E-state index is 13.5. The molecular formula is C9H4ClFN2O2. The summed E-state index contributed by atoms with van der Waals surface area (Å²) in [6, 6.07) is 5.19. The van der Waals surface area contributed by atoms with E-state index in [-0.39, 0.29) is 10.5 Å². The molecule has 0 N–H and O–H groups in total. The summed E-state index contributed by atoms with van der Waals surface area (Å²) in [5.41, 5.74) is -0.266. The Hall–Kier alpha value is -1.75. The van der Waals surface area contributed by atoms with Crippen LogP contribution in [0.4, 0.5) is 10.1 Å². The van der Waals surface area contributed by atoms with Gasteiger partial charge < -0.3 is 0 Å². The van der Waals surface area contributed by atoms with Crippen molar-refractivity contribution < 1.29 is 9.31 Å². The van der Waals surface area contributed by atoms with Gasteiger partial charge in [-0.2, -0.15) is 4.39 Å². The van der Waals surface area contributed by atoms with Gasteiger partial charge in [-0.25, -0.2) is 4.98 Å². The van der Waals surface area contributed by atoms with E-state index in [4.69, 9.17) is 11.6 Å². The number of hydrogen-bond donors (Lipinski definition) is 0. The van der Waals surface area contributed by atoms with Crippen LogP contribution in [-0.4, -0.2) is 9.91 Å². The summed E-state index contributed by atoms with van der Waals surface area (Å²) >= 11 is 5.61. The average Bonchev–Trinajstić information content (AvgIpc) is 2.17. The van der Waals surface area contributed by atoms with Crippen molar-refractivity contribution in [2.45, 2.75) is 0 Å². The third-order valence-corrected chi connectivity index (χ3v) is 2.16. The van der Waals surface area contributed by atoms with Crippen LogP contribution in [0.2, 0.25) is 5.15 Å². The van der Waals surface area contributed by atoms with Crippen molar-refractivity contribution in [3.8, 4) is 0 Å². The molecule has 2 rings (SSSR count). The molecule has 0 aliphatic rings. The summed E-state index contributed by atoms with van der Waals surface area (Å²) in [5.74, 6) is -0.887. The zero-order valence-corrected chi connectivity index (χ0v) is 8.03. The number of benzene rings is 1. The molecular weight excluding hydrogens is 223 g/mol. The molecule has 1 aromatic carbocycles. The molecule has 0 saturated carbocycles. The molecule has 4 nitrogen and oxygen atoms in total. The standard InChI is InChI=1S/C9H4ClFN2O2/c10-8-4-1-5-6(12-8)2-3-7(9(5)11)13(14)15/h1-4H. The van der Waals surface area contributed by atoms with Crippen LogP contribution in [0.5, 0.6) is 0 Å². The molecule has 15 heavy (non-hydrogen) atoms. The van der Waals surface area contributed by atoms with Crippen molar-refractivity contribution in [1.82, 2.24) is 4.98 Å². The Labute approximate surface area is 88.5 Å². The van der Waals surface area contributed by atoms with Crippen molar-refractivity contribution in [2.24, 2.45) is 0 Å². The predicted molar refractivity (Wildman–Crippen MR) is 53.4 cm³/mol. The van der Waals surface area contributed by atoms with Gasteiger partial charge in [-0.3, -0.25) is 10.1 Å². The van der Waals surface area contributed by atoms with Crippen LogP contribution >= 0.6 is 11.6 Å². The van der Waals surface area contributed by atoms with E-state index in [1.165, 1.54) is 18.2 Å². The molecule has 0 spiro atoms. The summed E-state index contributed by atoms with van der Waals surface area (Å²) in [4.78, 5) is 13.5. The number of nitro groups is 1. The fraction of sp³-hybridized carbons (Fsp3) is 0. The van der Waals surface area contributed by atoms with Gasteiger partial charge in [0.15, 0.2) is 0 Å². The van der Waals surface area contributed by atoms with Gasteiger partial charge in [-0.05, 0) is 18.2 Å². The Bertz CT molecular complexity index is 559. The van der Waals surface area contributed by atoms with E-state index in [1.807, 2.05) is 0 Å². The maximum absolute atomic E-state index is 13.5. The van der Waals surface area contributed by atoms with Gasteiger partial charge in [0, 0.05) is 11.5 Å². The van der Waals surface area contributed by atoms with Crippen LogP contribution < -0.4 is 0 Å². The molecule has 0 unspecified atom stereocenters. The minimum absolute atomic E-state index is 0.0913. The van der Waals surface area contributed by atoms with Gasteiger partial charge in [0.25, 0.3) is 0 Å². The molecule has 0 bridgehead atoms. The van der Waals surface area contributed by atoms with Gasteiger partial charge in [0.1, 0.15) is 5.15 Å². The van der Waals surface area contributed by atoms with Crippen LogP contribution in [0, 0.1) is 15.9 Å². The minimum Gasteiger partial charge on any atom is -0.258 e. The van der Waals surface area contributed by atoms with E-state index in [1.54, 1.807) is 0 Å². The fourth-order valence-corrected chi connectivity index (χ4v) is 1.43. The highest BCUT2D eigenvalue weighted by Crippen LogP contribution is 2.25. The Balaban J connectivity index is 2.80. The number of pyridine rings is 1. The van der Waals surface area contributed by atoms with Crippen molar-refractivity contribution in [3.05, 3.63) is 45.4 Å². The van der Waals surface area contributed by atoms with Gasteiger partial charge in [-0.15, -0.1) is 0 Å². The number of aromatic nitrogens is 1. The Morgan fingerprint density at radius 2 is 2.07 bits per heavy atom. The van der Waals surface area contributed by atoms with E-state index >= 15 is 0 Å². The average molecular weight is 227 g/mol. The monoisotopic (exact) mass is 226 g/mol. The molecule has 0 aliphatic carbocycles. The second-order valence-corrected chi connectivity index (χ2v) is 3.24. The second-order valence-electron chi connectivity index (χ2n) is 2.86. The van der Waals surface area contributed by atoms with Gasteiger partial charge >= 0.3 is 5.69 Å². The topological polar surface area (TPSA) is 56.0 Å². The highest BCUT2D eigenvalue weighted by Gasteiger charge is 2.16. The van der Waals surface area contributed by atoms with Crippen molar-refractivity contribution in [1.29, 1.82) is 0 Å². The quantitative estimate of drug-likeness (QED) is 0.427. The molecule has 2 aromatic rings. The first-order valence-corrected chi connectivity index (χ1v) is 4.36. The number of fused-ring (bicyclic) bond motifs is 1. The van der Waals surface area contributed by atoms with Crippen LogP contribution in [0.1, 0.15) is 0 Å². The third-order valence-electron chi connectivity index (χ3n) is 1.95. The molecule has 0 amide bonds. The van der Waals surface area contributed by atoms with E-state index in [9.17, 15) is 14.5 Å². The van der Waals surface area contributed by atoms with Crippen LogP contribution in [0.25, 0.3) is 10.9 Å². The molecule has 0 radical (unpaired) electrons. The number of hydrogen-bond acceptors (Lipinski definition) is 3. The minimum atomic E-state index is -0.887.